The van der Waals surface area contributed by atoms with Crippen LogP contribution in [0.15, 0.2) is 0 Å². The first-order chi connectivity index (χ1) is 6.40. The van der Waals surface area contributed by atoms with Crippen molar-refractivity contribution in [3.05, 3.63) is 0 Å². The van der Waals surface area contributed by atoms with Crippen molar-refractivity contribution in [3.63, 3.8) is 0 Å². The summed E-state index contributed by atoms with van der Waals surface area (Å²) < 4.78 is 24.0. The van der Waals surface area contributed by atoms with Crippen molar-refractivity contribution in [2.75, 3.05) is 33.0 Å². The van der Waals surface area contributed by atoms with Crippen LogP contribution in [0.5, 0.6) is 0 Å². The summed E-state index contributed by atoms with van der Waals surface area (Å²) in [5.41, 5.74) is -0.0703. The van der Waals surface area contributed by atoms with E-state index in [1.54, 1.807) is 0 Å². The van der Waals surface area contributed by atoms with Crippen molar-refractivity contribution in [1.29, 1.82) is 0 Å². The van der Waals surface area contributed by atoms with Crippen LogP contribution < -0.4 is 4.72 Å². The molecule has 1 rings (SSSR count). The molecule has 1 fully saturated rings. The van der Waals surface area contributed by atoms with Crippen molar-refractivity contribution in [3.8, 4) is 0 Å². The maximum Gasteiger partial charge on any atom is 0.208 e. The van der Waals surface area contributed by atoms with E-state index in [2.05, 4.69) is 4.72 Å². The normalized spacial score (nSPS) is 20.0. The monoisotopic (exact) mass is 222 g/mol. The molecule has 0 aromatic carbocycles. The maximum absolute atomic E-state index is 10.8. The number of hydrogen-bond acceptors (Lipinski definition) is 4. The van der Waals surface area contributed by atoms with E-state index in [1.807, 2.05) is 11.9 Å². The second-order valence-electron chi connectivity index (χ2n) is 3.97. The Hall–Kier alpha value is -0.170. The first kappa shape index (κ1) is 11.9. The van der Waals surface area contributed by atoms with Gasteiger partial charge in [-0.1, -0.05) is 0 Å². The van der Waals surface area contributed by atoms with E-state index in [4.69, 9.17) is 5.11 Å². The van der Waals surface area contributed by atoms with Crippen LogP contribution in [0.3, 0.4) is 0 Å². The summed E-state index contributed by atoms with van der Waals surface area (Å²) in [6, 6.07) is 0. The van der Waals surface area contributed by atoms with E-state index in [0.717, 1.165) is 19.1 Å². The third-order valence-electron chi connectivity index (χ3n) is 2.74. The van der Waals surface area contributed by atoms with Crippen LogP contribution in [0.25, 0.3) is 0 Å². The summed E-state index contributed by atoms with van der Waals surface area (Å²) in [6.07, 6.45) is 3.14. The maximum atomic E-state index is 10.8. The quantitative estimate of drug-likeness (QED) is 0.604. The number of hydrogen-bond donors (Lipinski definition) is 2. The predicted molar refractivity (Wildman–Crippen MR) is 54.5 cm³/mol. The minimum atomic E-state index is -3.09. The van der Waals surface area contributed by atoms with Gasteiger partial charge in [-0.3, -0.25) is 4.90 Å². The lowest BCUT2D eigenvalue weighted by Crippen LogP contribution is -2.41. The molecule has 0 saturated heterocycles. The predicted octanol–water partition coefficient (Wildman–Crippen LogP) is -1.01. The standard InChI is InChI=1S/C8H18N2O3S/c1-10(8(7-11)3-4-8)6-5-9-14(2,12)13/h9,11H,3-7H2,1-2H3. The molecule has 6 heteroatoms. The van der Waals surface area contributed by atoms with Crippen LogP contribution in [0, 0.1) is 0 Å². The van der Waals surface area contributed by atoms with Crippen LogP contribution in [0.1, 0.15) is 12.8 Å². The number of aliphatic hydroxyl groups is 1. The molecule has 0 atom stereocenters. The molecule has 0 heterocycles. The van der Waals surface area contributed by atoms with Crippen molar-refractivity contribution in [2.24, 2.45) is 0 Å². The summed E-state index contributed by atoms with van der Waals surface area (Å²) in [7, 11) is -1.18. The first-order valence-electron chi connectivity index (χ1n) is 4.66. The number of sulfonamides is 1. The van der Waals surface area contributed by atoms with Crippen molar-refractivity contribution >= 4 is 10.0 Å². The molecular weight excluding hydrogens is 204 g/mol. The highest BCUT2D eigenvalue weighted by atomic mass is 32.2. The number of nitrogens with one attached hydrogen (secondary N) is 1. The van der Waals surface area contributed by atoms with E-state index < -0.39 is 10.0 Å². The molecule has 1 saturated carbocycles. The van der Waals surface area contributed by atoms with Gasteiger partial charge in [0.25, 0.3) is 0 Å². The molecule has 1 aliphatic rings. The van der Waals surface area contributed by atoms with Gasteiger partial charge in [-0.15, -0.1) is 0 Å². The van der Waals surface area contributed by atoms with Gasteiger partial charge in [-0.2, -0.15) is 0 Å². The van der Waals surface area contributed by atoms with Gasteiger partial charge < -0.3 is 5.11 Å². The van der Waals surface area contributed by atoms with E-state index >= 15 is 0 Å². The fourth-order valence-electron chi connectivity index (χ4n) is 1.44. The second-order valence-corrected chi connectivity index (χ2v) is 5.80. The van der Waals surface area contributed by atoms with E-state index in [-0.39, 0.29) is 12.1 Å². The molecule has 14 heavy (non-hydrogen) atoms. The molecule has 0 spiro atoms. The van der Waals surface area contributed by atoms with Crippen LogP contribution >= 0.6 is 0 Å². The zero-order valence-corrected chi connectivity index (χ0v) is 9.47. The summed E-state index contributed by atoms with van der Waals surface area (Å²) in [4.78, 5) is 2.02. The number of nitrogens with zero attached hydrogens (tertiary/aromatic N) is 1. The first-order valence-corrected chi connectivity index (χ1v) is 6.55. The molecule has 0 unspecified atom stereocenters. The molecule has 0 amide bonds. The van der Waals surface area contributed by atoms with Gasteiger partial charge in [0.1, 0.15) is 0 Å². The molecular formula is C8H18N2O3S. The molecule has 2 N–H and O–H groups in total. The Morgan fingerprint density at radius 2 is 2.07 bits per heavy atom. The number of rotatable bonds is 6. The van der Waals surface area contributed by atoms with Crippen molar-refractivity contribution < 1.29 is 13.5 Å². The Balaban J connectivity index is 2.25. The molecule has 84 valence electrons. The zero-order valence-electron chi connectivity index (χ0n) is 8.65. The van der Waals surface area contributed by atoms with Gasteiger partial charge in [0.05, 0.1) is 12.9 Å². The molecule has 0 aromatic heterocycles. The number of likely N-dealkylation sites (N-methyl/N-ethyl adjacent to an activating group) is 1. The molecule has 1 aliphatic carbocycles. The molecule has 0 aliphatic heterocycles. The van der Waals surface area contributed by atoms with Gasteiger partial charge in [0, 0.05) is 18.6 Å². The topological polar surface area (TPSA) is 69.6 Å². The largest absolute Gasteiger partial charge is 0.394 e. The Labute approximate surface area is 85.2 Å². The smallest absolute Gasteiger partial charge is 0.208 e. The van der Waals surface area contributed by atoms with Gasteiger partial charge in [-0.25, -0.2) is 13.1 Å². The highest BCUT2D eigenvalue weighted by molar-refractivity contribution is 7.88. The summed E-state index contributed by atoms with van der Waals surface area (Å²) in [5.74, 6) is 0. The third kappa shape index (κ3) is 3.20. The Morgan fingerprint density at radius 3 is 2.43 bits per heavy atom. The Kier molecular flexibility index (Phi) is 3.52. The van der Waals surface area contributed by atoms with Crippen LogP contribution in [-0.4, -0.2) is 57.0 Å². The van der Waals surface area contributed by atoms with E-state index in [1.165, 1.54) is 0 Å². The Bertz CT molecular complexity index is 285. The second kappa shape index (κ2) is 4.14. The SMILES string of the molecule is CN(CCNS(C)(=O)=O)C1(CO)CC1. The van der Waals surface area contributed by atoms with Crippen molar-refractivity contribution in [2.45, 2.75) is 18.4 Å². The van der Waals surface area contributed by atoms with Gasteiger partial charge >= 0.3 is 0 Å². The lowest BCUT2D eigenvalue weighted by Gasteiger charge is -2.25. The fourth-order valence-corrected chi connectivity index (χ4v) is 1.90. The summed E-state index contributed by atoms with van der Waals surface area (Å²) in [5, 5.41) is 9.11. The van der Waals surface area contributed by atoms with E-state index in [0.29, 0.717) is 13.1 Å². The van der Waals surface area contributed by atoms with Gasteiger partial charge in [0.15, 0.2) is 0 Å². The zero-order chi connectivity index (χ0) is 10.8. The molecule has 5 nitrogen and oxygen atoms in total. The average molecular weight is 222 g/mol. The number of aliphatic hydroxyl groups excluding tert-OH is 1. The highest BCUT2D eigenvalue weighted by Gasteiger charge is 2.45. The van der Waals surface area contributed by atoms with Crippen molar-refractivity contribution in [1.82, 2.24) is 9.62 Å². The van der Waals surface area contributed by atoms with Crippen LogP contribution in [0.4, 0.5) is 0 Å². The minimum Gasteiger partial charge on any atom is -0.394 e. The average Bonchev–Trinajstić information content (AvgIpc) is 2.81. The van der Waals surface area contributed by atoms with Crippen LogP contribution in [-0.2, 0) is 10.0 Å². The van der Waals surface area contributed by atoms with Crippen LogP contribution in [0.2, 0.25) is 0 Å². The summed E-state index contributed by atoms with van der Waals surface area (Å²) >= 11 is 0. The lowest BCUT2D eigenvalue weighted by molar-refractivity contribution is 0.131. The van der Waals surface area contributed by atoms with Gasteiger partial charge in [0.2, 0.25) is 10.0 Å². The lowest BCUT2D eigenvalue weighted by atomic mass is 10.2. The van der Waals surface area contributed by atoms with Gasteiger partial charge in [-0.05, 0) is 19.9 Å². The Morgan fingerprint density at radius 1 is 1.50 bits per heavy atom. The van der Waals surface area contributed by atoms with E-state index in [9.17, 15) is 8.42 Å². The molecule has 0 aromatic rings. The highest BCUT2D eigenvalue weighted by Crippen LogP contribution is 2.39. The minimum absolute atomic E-state index is 0.0703. The third-order valence-corrected chi connectivity index (χ3v) is 3.47. The fraction of sp³-hybridized carbons (Fsp3) is 1.00. The molecule has 0 radical (unpaired) electrons. The summed E-state index contributed by atoms with van der Waals surface area (Å²) in [6.45, 7) is 1.19. The molecule has 0 bridgehead atoms.